The Morgan fingerprint density at radius 3 is 1.71 bits per heavy atom. The Morgan fingerprint density at radius 2 is 1.57 bits per heavy atom. The van der Waals surface area contributed by atoms with Crippen LogP contribution in [0.3, 0.4) is 0 Å². The summed E-state index contributed by atoms with van der Waals surface area (Å²) >= 11 is 0. The molecule has 1 N–H and O–H groups in total. The van der Waals surface area contributed by atoms with Crippen molar-refractivity contribution in [1.29, 1.82) is 0 Å². The summed E-state index contributed by atoms with van der Waals surface area (Å²) < 4.78 is 77.5. The zero-order valence-corrected chi connectivity index (χ0v) is 6.29. The van der Waals surface area contributed by atoms with Crippen molar-refractivity contribution in [3.63, 3.8) is 0 Å². The van der Waals surface area contributed by atoms with E-state index >= 15 is 0 Å². The van der Waals surface area contributed by atoms with Gasteiger partial charge in [-0.25, -0.2) is 0 Å². The lowest BCUT2D eigenvalue weighted by Gasteiger charge is -1.94. The lowest BCUT2D eigenvalue weighted by molar-refractivity contribution is -0.436. The first kappa shape index (κ1) is 12.8. The highest BCUT2D eigenvalue weighted by Gasteiger charge is 2.42. The van der Waals surface area contributed by atoms with E-state index in [4.69, 9.17) is 0 Å². The van der Waals surface area contributed by atoms with Crippen LogP contribution in [0.2, 0.25) is 0 Å². The lowest BCUT2D eigenvalue weighted by atomic mass is 10.3. The van der Waals surface area contributed by atoms with Crippen molar-refractivity contribution in [1.82, 2.24) is 0 Å². The molecule has 0 aromatic carbocycles. The van der Waals surface area contributed by atoms with Crippen LogP contribution in [0.4, 0.5) is 30.4 Å². The van der Waals surface area contributed by atoms with E-state index in [1.807, 2.05) is 4.98 Å². The van der Waals surface area contributed by atoms with Crippen LogP contribution in [0.25, 0.3) is 0 Å². The average molecular weight is 225 g/mol. The highest BCUT2D eigenvalue weighted by atomic mass is 19.5. The molecule has 1 heterocycles. The molecule has 0 bridgehead atoms. The Kier molecular flexibility index (Phi) is 3.96. The third kappa shape index (κ3) is 7.43. The number of rotatable bonds is 0. The van der Waals surface area contributed by atoms with Crippen LogP contribution in [-0.4, -0.2) is 7.25 Å². The second-order valence-electron chi connectivity index (χ2n) is 1.89. The van der Waals surface area contributed by atoms with Crippen LogP contribution in [0.1, 0.15) is 5.89 Å². The van der Waals surface area contributed by atoms with E-state index in [1.54, 1.807) is 0 Å². The zero-order valence-electron chi connectivity index (χ0n) is 6.29. The summed E-state index contributed by atoms with van der Waals surface area (Å²) in [6.07, 6.45) is -2.39. The van der Waals surface area contributed by atoms with Crippen molar-refractivity contribution in [2.75, 3.05) is 0 Å². The second-order valence-corrected chi connectivity index (χ2v) is 1.89. The van der Waals surface area contributed by atoms with Crippen molar-refractivity contribution >= 4 is 7.25 Å². The fraction of sp³-hybridized carbons (Fsp3) is 0.250. The Bertz CT molecular complexity index is 246. The van der Waals surface area contributed by atoms with E-state index in [2.05, 4.69) is 4.42 Å². The van der Waals surface area contributed by atoms with Crippen LogP contribution in [0.5, 0.6) is 0 Å². The molecule has 10 heteroatoms. The Morgan fingerprint density at radius 1 is 1.14 bits per heavy atom. The minimum absolute atomic E-state index is 0.933. The van der Waals surface area contributed by atoms with E-state index < -0.39 is 19.3 Å². The number of H-pyrrole nitrogens is 1. The van der Waals surface area contributed by atoms with Gasteiger partial charge >= 0.3 is 19.3 Å². The number of aromatic nitrogens is 1. The van der Waals surface area contributed by atoms with E-state index in [0.29, 0.717) is 0 Å². The molecule has 2 nitrogen and oxygen atoms in total. The minimum atomic E-state index is -6.00. The summed E-state index contributed by atoms with van der Waals surface area (Å²) in [5.41, 5.74) is 0. The van der Waals surface area contributed by atoms with E-state index in [-0.39, 0.29) is 0 Å². The van der Waals surface area contributed by atoms with E-state index in [1.165, 1.54) is 0 Å². The molecular weight excluding hydrogens is 222 g/mol. The summed E-state index contributed by atoms with van der Waals surface area (Å²) in [7, 11) is -6.00. The fourth-order valence-electron chi connectivity index (χ4n) is 0.394. The highest BCUT2D eigenvalue weighted by Crippen LogP contribution is 2.24. The number of oxazole rings is 1. The monoisotopic (exact) mass is 225 g/mol. The maximum absolute atomic E-state index is 11.5. The third-order valence-electron chi connectivity index (χ3n) is 0.726. The van der Waals surface area contributed by atoms with Crippen LogP contribution in [0.15, 0.2) is 16.9 Å². The highest BCUT2D eigenvalue weighted by molar-refractivity contribution is 6.50. The molecule has 0 aliphatic rings. The first-order valence-electron chi connectivity index (χ1n) is 3.00. The predicted molar refractivity (Wildman–Crippen MR) is 30.5 cm³/mol. The lowest BCUT2D eigenvalue weighted by Crippen LogP contribution is -2.16. The van der Waals surface area contributed by atoms with Crippen molar-refractivity contribution < 1.29 is 39.8 Å². The number of alkyl halides is 3. The molecule has 82 valence electrons. The first-order valence-corrected chi connectivity index (χ1v) is 3.00. The average Bonchev–Trinajstić information content (AvgIpc) is 2.28. The van der Waals surface area contributed by atoms with Crippen molar-refractivity contribution in [3.05, 3.63) is 18.4 Å². The molecule has 0 radical (unpaired) electrons. The maximum atomic E-state index is 11.5. The SMILES string of the molecule is FC(F)(F)c1[nH+]cco1.F[B-](F)(F)F. The van der Waals surface area contributed by atoms with Gasteiger partial charge in [-0.3, -0.25) is 0 Å². The molecular formula is C4H3BF7NO. The molecule has 0 spiro atoms. The quantitative estimate of drug-likeness (QED) is 0.491. The standard InChI is InChI=1S/C4H2F3NO.BF4/c5-4(6,7)3-8-1-2-9-3;2-1(3,4)5/h1-2H;/q;-1/p+1. The smallest absolute Gasteiger partial charge is 0.418 e. The maximum Gasteiger partial charge on any atom is 0.673 e. The van der Waals surface area contributed by atoms with Gasteiger partial charge in [0.05, 0.1) is 0 Å². The zero-order chi connectivity index (χ0) is 11.4. The summed E-state index contributed by atoms with van der Waals surface area (Å²) in [6, 6.07) is 0. The molecule has 1 aromatic rings. The number of nitrogens with one attached hydrogen (secondary N) is 1. The second kappa shape index (κ2) is 4.33. The summed E-state index contributed by atoms with van der Waals surface area (Å²) in [5.74, 6) is -1.08. The summed E-state index contributed by atoms with van der Waals surface area (Å²) in [6.45, 7) is 0. The molecule has 14 heavy (non-hydrogen) atoms. The Balaban J connectivity index is 0.000000292. The van der Waals surface area contributed by atoms with Gasteiger partial charge in [-0.1, -0.05) is 0 Å². The van der Waals surface area contributed by atoms with Gasteiger partial charge in [0, 0.05) is 0 Å². The van der Waals surface area contributed by atoms with Gasteiger partial charge in [-0.05, 0) is 0 Å². The fourth-order valence-corrected chi connectivity index (χ4v) is 0.394. The van der Waals surface area contributed by atoms with E-state index in [9.17, 15) is 30.4 Å². The van der Waals surface area contributed by atoms with Crippen molar-refractivity contribution in [2.45, 2.75) is 6.18 Å². The van der Waals surface area contributed by atoms with Gasteiger partial charge in [0.2, 0.25) is 6.20 Å². The summed E-state index contributed by atoms with van der Waals surface area (Å²) in [5, 5.41) is 0. The minimum Gasteiger partial charge on any atom is -0.418 e. The third-order valence-corrected chi connectivity index (χ3v) is 0.726. The molecule has 0 aliphatic heterocycles. The predicted octanol–water partition coefficient (Wildman–Crippen LogP) is 2.41. The molecule has 0 saturated heterocycles. The molecule has 0 saturated carbocycles. The van der Waals surface area contributed by atoms with Gasteiger partial charge in [0.1, 0.15) is 0 Å². The van der Waals surface area contributed by atoms with Gasteiger partial charge in [-0.2, -0.15) is 18.2 Å². The van der Waals surface area contributed by atoms with Crippen LogP contribution in [0, 0.1) is 0 Å². The van der Waals surface area contributed by atoms with Gasteiger partial charge < -0.3 is 21.7 Å². The topological polar surface area (TPSA) is 27.3 Å². The normalized spacial score (nSPS) is 11.9. The van der Waals surface area contributed by atoms with Gasteiger partial charge in [0.15, 0.2) is 6.26 Å². The molecule has 0 fully saturated rings. The largest absolute Gasteiger partial charge is 0.673 e. The number of hydrogen-bond donors (Lipinski definition) is 0. The van der Waals surface area contributed by atoms with Crippen molar-refractivity contribution in [3.8, 4) is 0 Å². The van der Waals surface area contributed by atoms with E-state index in [0.717, 1.165) is 12.5 Å². The molecule has 1 rings (SSSR count). The van der Waals surface area contributed by atoms with Gasteiger partial charge in [0.25, 0.3) is 0 Å². The Hall–Kier alpha value is -1.22. The van der Waals surface area contributed by atoms with Crippen LogP contribution >= 0.6 is 0 Å². The number of hydrogen-bond acceptors (Lipinski definition) is 1. The van der Waals surface area contributed by atoms with Crippen LogP contribution in [-0.2, 0) is 6.18 Å². The first-order chi connectivity index (χ1) is 6.11. The molecule has 0 atom stereocenters. The van der Waals surface area contributed by atoms with Gasteiger partial charge in [-0.15, -0.1) is 0 Å². The molecule has 0 amide bonds. The number of aromatic amines is 1. The number of halogens is 7. The molecule has 0 unspecified atom stereocenters. The molecule has 0 aliphatic carbocycles. The Labute approximate surface area is 72.8 Å². The van der Waals surface area contributed by atoms with Crippen molar-refractivity contribution in [2.24, 2.45) is 0 Å². The summed E-state index contributed by atoms with van der Waals surface area (Å²) in [4.78, 5) is 1.89. The van der Waals surface area contributed by atoms with Crippen LogP contribution < -0.4 is 4.98 Å². The molecule has 1 aromatic heterocycles.